The van der Waals surface area contributed by atoms with Crippen molar-refractivity contribution in [1.29, 1.82) is 0 Å². The molecule has 0 heterocycles. The van der Waals surface area contributed by atoms with Gasteiger partial charge in [-0.3, -0.25) is 0 Å². The lowest BCUT2D eigenvalue weighted by atomic mass is 10.3. The van der Waals surface area contributed by atoms with Gasteiger partial charge in [0, 0.05) is 0 Å². The predicted molar refractivity (Wildman–Crippen MR) is 64.0 cm³/mol. The highest BCUT2D eigenvalue weighted by Gasteiger charge is 1.84. The third kappa shape index (κ3) is 14.1. The zero-order chi connectivity index (χ0) is 9.23. The maximum absolute atomic E-state index is 2.24. The van der Waals surface area contributed by atoms with Crippen LogP contribution in [0.25, 0.3) is 0 Å². The first-order valence-corrected chi connectivity index (χ1v) is 4.68. The number of rotatable bonds is 1. The summed E-state index contributed by atoms with van der Waals surface area (Å²) in [6, 6.07) is 0. The maximum atomic E-state index is 2.24. The third-order valence-electron chi connectivity index (χ3n) is 1.53. The van der Waals surface area contributed by atoms with E-state index < -0.39 is 0 Å². The van der Waals surface area contributed by atoms with Gasteiger partial charge in [-0.2, -0.15) is 0 Å². The summed E-state index contributed by atoms with van der Waals surface area (Å²) < 4.78 is 0. The first kappa shape index (κ1) is 14.7. The monoisotopic (exact) mass is 180 g/mol. The van der Waals surface area contributed by atoms with Crippen LogP contribution in [0, 0.1) is 0 Å². The van der Waals surface area contributed by atoms with Crippen LogP contribution in [0.5, 0.6) is 0 Å². The van der Waals surface area contributed by atoms with Gasteiger partial charge < -0.3 is 0 Å². The average molecular weight is 180 g/mol. The number of hydrogen-bond donors (Lipinski definition) is 0. The fourth-order valence-corrected chi connectivity index (χ4v) is 0.878. The van der Waals surface area contributed by atoms with E-state index in [9.17, 15) is 0 Å². The lowest BCUT2D eigenvalue weighted by molar-refractivity contribution is 0.929. The first-order valence-electron chi connectivity index (χ1n) is 4.68. The maximum Gasteiger partial charge on any atom is -0.0348 e. The standard InChI is InChI=1S/C7H12.C5H8.CH4/c1-4-5-6-7(2)3;1-2-4-5-3-1;/h4-6H,1-3H3;1-2H,3-5H2;1H4/b5-4-;;. The Kier molecular flexibility index (Phi) is 12.7. The van der Waals surface area contributed by atoms with E-state index in [4.69, 9.17) is 0 Å². The van der Waals surface area contributed by atoms with E-state index in [1.54, 1.807) is 0 Å². The molecule has 1 aliphatic carbocycles. The SMILES string of the molecule is C.C/C=C\C=C(C)C.C1=CCCC1. The molecule has 1 aliphatic rings. The van der Waals surface area contributed by atoms with Crippen LogP contribution in [0.15, 0.2) is 36.0 Å². The van der Waals surface area contributed by atoms with Gasteiger partial charge in [0.25, 0.3) is 0 Å². The fraction of sp³-hybridized carbons (Fsp3) is 0.538. The summed E-state index contributed by atoms with van der Waals surface area (Å²) in [4.78, 5) is 0. The Bertz CT molecular complexity index is 160. The van der Waals surface area contributed by atoms with Crippen LogP contribution in [0.4, 0.5) is 0 Å². The molecule has 0 saturated carbocycles. The van der Waals surface area contributed by atoms with E-state index in [0.29, 0.717) is 0 Å². The fourth-order valence-electron chi connectivity index (χ4n) is 0.878. The molecule has 13 heavy (non-hydrogen) atoms. The molecule has 0 aromatic heterocycles. The van der Waals surface area contributed by atoms with Gasteiger partial charge in [-0.15, -0.1) is 0 Å². The summed E-state index contributed by atoms with van der Waals surface area (Å²) in [6.45, 7) is 6.18. The number of allylic oxidation sites excluding steroid dienone is 6. The third-order valence-corrected chi connectivity index (χ3v) is 1.53. The van der Waals surface area contributed by atoms with Crippen molar-refractivity contribution in [1.82, 2.24) is 0 Å². The molecule has 0 heteroatoms. The van der Waals surface area contributed by atoms with E-state index in [2.05, 4.69) is 32.1 Å². The highest BCUT2D eigenvalue weighted by Crippen LogP contribution is 2.05. The van der Waals surface area contributed by atoms with Crippen LogP contribution in [-0.4, -0.2) is 0 Å². The summed E-state index contributed by atoms with van der Waals surface area (Å²) in [5.41, 5.74) is 1.35. The predicted octanol–water partition coefficient (Wildman–Crippen LogP) is 4.89. The van der Waals surface area contributed by atoms with E-state index in [1.807, 2.05) is 19.1 Å². The zero-order valence-electron chi connectivity index (χ0n) is 8.51. The molecular formula is C13H24. The van der Waals surface area contributed by atoms with Crippen LogP contribution in [-0.2, 0) is 0 Å². The van der Waals surface area contributed by atoms with Crippen molar-refractivity contribution >= 4 is 0 Å². The van der Waals surface area contributed by atoms with Crippen LogP contribution in [0.1, 0.15) is 47.5 Å². The average Bonchev–Trinajstić information content (AvgIpc) is 2.57. The molecule has 0 aliphatic heterocycles. The Morgan fingerprint density at radius 3 is 1.85 bits per heavy atom. The zero-order valence-corrected chi connectivity index (χ0v) is 8.51. The Hall–Kier alpha value is -0.780. The summed E-state index contributed by atoms with van der Waals surface area (Å²) in [5.74, 6) is 0. The molecule has 0 atom stereocenters. The van der Waals surface area contributed by atoms with Gasteiger partial charge in [-0.25, -0.2) is 0 Å². The molecular weight excluding hydrogens is 156 g/mol. The summed E-state index contributed by atoms with van der Waals surface area (Å²) in [6.07, 6.45) is 14.6. The lowest BCUT2D eigenvalue weighted by Crippen LogP contribution is -1.56. The van der Waals surface area contributed by atoms with Crippen LogP contribution >= 0.6 is 0 Å². The molecule has 0 N–H and O–H groups in total. The second-order valence-corrected chi connectivity index (χ2v) is 3.17. The minimum absolute atomic E-state index is 0. The molecule has 0 unspecified atom stereocenters. The summed E-state index contributed by atoms with van der Waals surface area (Å²) >= 11 is 0. The Morgan fingerprint density at radius 1 is 1.15 bits per heavy atom. The largest absolute Gasteiger partial charge is 0.0885 e. The van der Waals surface area contributed by atoms with Crippen molar-refractivity contribution in [2.45, 2.75) is 47.5 Å². The second-order valence-electron chi connectivity index (χ2n) is 3.17. The van der Waals surface area contributed by atoms with Crippen LogP contribution in [0.2, 0.25) is 0 Å². The molecule has 0 fully saturated rings. The van der Waals surface area contributed by atoms with Gasteiger partial charge in [0.1, 0.15) is 0 Å². The van der Waals surface area contributed by atoms with Crippen molar-refractivity contribution in [2.24, 2.45) is 0 Å². The molecule has 0 amide bonds. The van der Waals surface area contributed by atoms with Gasteiger partial charge in [-0.1, -0.05) is 43.4 Å². The van der Waals surface area contributed by atoms with Gasteiger partial charge in [-0.05, 0) is 40.0 Å². The molecule has 76 valence electrons. The molecule has 0 nitrogen and oxygen atoms in total. The van der Waals surface area contributed by atoms with Crippen molar-refractivity contribution in [3.05, 3.63) is 36.0 Å². The smallest absolute Gasteiger partial charge is 0.0348 e. The van der Waals surface area contributed by atoms with Gasteiger partial charge in [0.2, 0.25) is 0 Å². The Labute approximate surface area is 84.1 Å². The van der Waals surface area contributed by atoms with Gasteiger partial charge >= 0.3 is 0 Å². The van der Waals surface area contributed by atoms with Gasteiger partial charge in [0.15, 0.2) is 0 Å². The molecule has 0 spiro atoms. The minimum atomic E-state index is 0. The topological polar surface area (TPSA) is 0 Å². The molecule has 0 bridgehead atoms. The minimum Gasteiger partial charge on any atom is -0.0885 e. The summed E-state index contributed by atoms with van der Waals surface area (Å²) in [7, 11) is 0. The van der Waals surface area contributed by atoms with Crippen molar-refractivity contribution < 1.29 is 0 Å². The van der Waals surface area contributed by atoms with Crippen LogP contribution < -0.4 is 0 Å². The molecule has 0 aromatic rings. The highest BCUT2D eigenvalue weighted by molar-refractivity contribution is 5.06. The lowest BCUT2D eigenvalue weighted by Gasteiger charge is -1.77. The molecule has 0 saturated heterocycles. The Balaban J connectivity index is 0. The normalized spacial score (nSPS) is 13.2. The summed E-state index contributed by atoms with van der Waals surface area (Å²) in [5, 5.41) is 0. The van der Waals surface area contributed by atoms with Crippen molar-refractivity contribution in [2.75, 3.05) is 0 Å². The molecule has 0 radical (unpaired) electrons. The van der Waals surface area contributed by atoms with E-state index in [1.165, 1.54) is 24.8 Å². The van der Waals surface area contributed by atoms with E-state index in [0.717, 1.165) is 0 Å². The Morgan fingerprint density at radius 2 is 1.69 bits per heavy atom. The molecule has 0 aromatic carbocycles. The van der Waals surface area contributed by atoms with E-state index >= 15 is 0 Å². The van der Waals surface area contributed by atoms with Crippen molar-refractivity contribution in [3.63, 3.8) is 0 Å². The van der Waals surface area contributed by atoms with Crippen molar-refractivity contribution in [3.8, 4) is 0 Å². The van der Waals surface area contributed by atoms with Gasteiger partial charge in [0.05, 0.1) is 0 Å². The number of hydrogen-bond acceptors (Lipinski definition) is 0. The van der Waals surface area contributed by atoms with E-state index in [-0.39, 0.29) is 7.43 Å². The molecule has 1 rings (SSSR count). The second kappa shape index (κ2) is 11.2. The highest BCUT2D eigenvalue weighted by atomic mass is 13.9. The first-order chi connectivity index (χ1) is 5.77. The quantitative estimate of drug-likeness (QED) is 0.398. The van der Waals surface area contributed by atoms with Crippen LogP contribution in [0.3, 0.4) is 0 Å².